The van der Waals surface area contributed by atoms with Crippen molar-refractivity contribution in [3.63, 3.8) is 0 Å². The number of aromatic nitrogens is 1. The Hall–Kier alpha value is -2.77. The molecule has 25 heavy (non-hydrogen) atoms. The van der Waals surface area contributed by atoms with Crippen molar-refractivity contribution in [2.45, 2.75) is 20.0 Å². The molecule has 0 aliphatic carbocycles. The maximum atomic E-state index is 12.0. The molecule has 0 saturated heterocycles. The summed E-state index contributed by atoms with van der Waals surface area (Å²) < 4.78 is 42.6. The minimum Gasteiger partial charge on any atom is -0.452 e. The first kappa shape index (κ1) is 18.6. The van der Waals surface area contributed by atoms with Crippen LogP contribution in [0.1, 0.15) is 21.7 Å². The Morgan fingerprint density at radius 3 is 2.12 bits per heavy atom. The molecular weight excluding hydrogens is 337 g/mol. The largest absolute Gasteiger partial charge is 0.452 e. The standard InChI is InChI=1S/C17H17F3N2O3/c1-11-3-4-12(2)22(11)14-7-5-13(6-8-14)16(24)25-9-15(23)21-10-17(18,19)20/h3-8H,9-10H2,1-2H3,(H,21,23). The van der Waals surface area contributed by atoms with Crippen LogP contribution in [0, 0.1) is 13.8 Å². The van der Waals surface area contributed by atoms with E-state index in [1.54, 1.807) is 17.4 Å². The van der Waals surface area contributed by atoms with Crippen LogP contribution in [-0.4, -0.2) is 35.8 Å². The van der Waals surface area contributed by atoms with Crippen molar-refractivity contribution >= 4 is 11.9 Å². The third-order valence-electron chi connectivity index (χ3n) is 3.45. The highest BCUT2D eigenvalue weighted by Gasteiger charge is 2.27. The summed E-state index contributed by atoms with van der Waals surface area (Å²) in [5.74, 6) is -1.80. The molecule has 8 heteroatoms. The Kier molecular flexibility index (Phi) is 5.51. The van der Waals surface area contributed by atoms with E-state index in [1.807, 2.05) is 30.5 Å². The van der Waals surface area contributed by atoms with Gasteiger partial charge < -0.3 is 14.6 Å². The van der Waals surface area contributed by atoms with Crippen molar-refractivity contribution in [1.29, 1.82) is 0 Å². The highest BCUT2D eigenvalue weighted by molar-refractivity contribution is 5.91. The molecule has 2 rings (SSSR count). The van der Waals surface area contributed by atoms with E-state index in [2.05, 4.69) is 0 Å². The van der Waals surface area contributed by atoms with Gasteiger partial charge in [-0.25, -0.2) is 4.79 Å². The summed E-state index contributed by atoms with van der Waals surface area (Å²) >= 11 is 0. The van der Waals surface area contributed by atoms with Gasteiger partial charge in [0.15, 0.2) is 6.61 Å². The van der Waals surface area contributed by atoms with Crippen LogP contribution in [0.5, 0.6) is 0 Å². The van der Waals surface area contributed by atoms with E-state index in [-0.39, 0.29) is 5.56 Å². The Morgan fingerprint density at radius 1 is 1.04 bits per heavy atom. The van der Waals surface area contributed by atoms with E-state index in [0.29, 0.717) is 0 Å². The number of halogens is 3. The molecule has 0 aliphatic heterocycles. The summed E-state index contributed by atoms with van der Waals surface area (Å²) in [6.07, 6.45) is -4.51. The molecule has 0 atom stereocenters. The fraction of sp³-hybridized carbons (Fsp3) is 0.294. The highest BCUT2D eigenvalue weighted by atomic mass is 19.4. The van der Waals surface area contributed by atoms with E-state index >= 15 is 0 Å². The molecule has 5 nitrogen and oxygen atoms in total. The molecule has 0 aliphatic rings. The zero-order valence-electron chi connectivity index (χ0n) is 13.7. The van der Waals surface area contributed by atoms with Crippen molar-refractivity contribution < 1.29 is 27.5 Å². The molecule has 2 aromatic rings. The third-order valence-corrected chi connectivity index (χ3v) is 3.45. The molecule has 134 valence electrons. The van der Waals surface area contributed by atoms with E-state index in [1.165, 1.54) is 12.1 Å². The minimum atomic E-state index is -4.51. The van der Waals surface area contributed by atoms with E-state index in [4.69, 9.17) is 4.74 Å². The molecule has 0 fully saturated rings. The van der Waals surface area contributed by atoms with Gasteiger partial charge >= 0.3 is 12.1 Å². The maximum Gasteiger partial charge on any atom is 0.405 e. The molecule has 1 N–H and O–H groups in total. The van der Waals surface area contributed by atoms with Crippen LogP contribution in [0.25, 0.3) is 5.69 Å². The summed E-state index contributed by atoms with van der Waals surface area (Å²) in [6.45, 7) is 1.67. The van der Waals surface area contributed by atoms with Gasteiger partial charge in [-0.05, 0) is 50.2 Å². The predicted octanol–water partition coefficient (Wildman–Crippen LogP) is 2.93. The van der Waals surface area contributed by atoms with Gasteiger partial charge in [-0.3, -0.25) is 4.79 Å². The fourth-order valence-corrected chi connectivity index (χ4v) is 2.29. The number of carbonyl (C=O) groups is 2. The van der Waals surface area contributed by atoms with Crippen molar-refractivity contribution in [3.05, 3.63) is 53.3 Å². The van der Waals surface area contributed by atoms with E-state index < -0.39 is 31.2 Å². The van der Waals surface area contributed by atoms with Gasteiger partial charge in [-0.1, -0.05) is 0 Å². The normalized spacial score (nSPS) is 11.2. The lowest BCUT2D eigenvalue weighted by Gasteiger charge is -2.11. The molecule has 0 spiro atoms. The maximum absolute atomic E-state index is 12.0. The lowest BCUT2D eigenvalue weighted by Crippen LogP contribution is -2.36. The Labute approximate surface area is 142 Å². The Bertz CT molecular complexity index is 745. The van der Waals surface area contributed by atoms with Crippen LogP contribution in [0.4, 0.5) is 13.2 Å². The summed E-state index contributed by atoms with van der Waals surface area (Å²) in [4.78, 5) is 23.1. The number of hydrogen-bond acceptors (Lipinski definition) is 3. The third kappa shape index (κ3) is 5.10. The van der Waals surface area contributed by atoms with Gasteiger partial charge in [0.05, 0.1) is 5.56 Å². The molecule has 1 amide bonds. The number of benzene rings is 1. The Balaban J connectivity index is 1.94. The van der Waals surface area contributed by atoms with Gasteiger partial charge in [0.25, 0.3) is 5.91 Å². The molecule has 1 heterocycles. The summed E-state index contributed by atoms with van der Waals surface area (Å²) in [5, 5.41) is 1.63. The number of carbonyl (C=O) groups excluding carboxylic acids is 2. The van der Waals surface area contributed by atoms with Crippen molar-refractivity contribution in [3.8, 4) is 5.69 Å². The molecule has 1 aromatic heterocycles. The monoisotopic (exact) mass is 354 g/mol. The van der Waals surface area contributed by atoms with Crippen LogP contribution >= 0.6 is 0 Å². The van der Waals surface area contributed by atoms with Crippen LogP contribution in [0.2, 0.25) is 0 Å². The predicted molar refractivity (Wildman–Crippen MR) is 84.6 cm³/mol. The van der Waals surface area contributed by atoms with Crippen LogP contribution in [0.3, 0.4) is 0 Å². The number of ether oxygens (including phenoxy) is 1. The number of aryl methyl sites for hydroxylation is 2. The first-order chi connectivity index (χ1) is 11.7. The van der Waals surface area contributed by atoms with Crippen LogP contribution < -0.4 is 5.32 Å². The van der Waals surface area contributed by atoms with Crippen molar-refractivity contribution in [2.75, 3.05) is 13.2 Å². The average molecular weight is 354 g/mol. The summed E-state index contributed by atoms with van der Waals surface area (Å²) in [5.41, 5.74) is 3.14. The second kappa shape index (κ2) is 7.42. The average Bonchev–Trinajstić information content (AvgIpc) is 2.89. The smallest absolute Gasteiger partial charge is 0.405 e. The van der Waals surface area contributed by atoms with E-state index in [0.717, 1.165) is 17.1 Å². The van der Waals surface area contributed by atoms with Crippen LogP contribution in [-0.2, 0) is 9.53 Å². The number of nitrogens with zero attached hydrogens (tertiary/aromatic N) is 1. The quantitative estimate of drug-likeness (QED) is 0.840. The van der Waals surface area contributed by atoms with Gasteiger partial charge in [-0.2, -0.15) is 13.2 Å². The van der Waals surface area contributed by atoms with Gasteiger partial charge in [0.1, 0.15) is 6.54 Å². The molecule has 0 saturated carbocycles. The second-order valence-electron chi connectivity index (χ2n) is 5.47. The fourth-order valence-electron chi connectivity index (χ4n) is 2.29. The first-order valence-electron chi connectivity index (χ1n) is 7.43. The van der Waals surface area contributed by atoms with E-state index in [9.17, 15) is 22.8 Å². The number of esters is 1. The van der Waals surface area contributed by atoms with Gasteiger partial charge in [-0.15, -0.1) is 0 Å². The minimum absolute atomic E-state index is 0.204. The van der Waals surface area contributed by atoms with Crippen molar-refractivity contribution in [2.24, 2.45) is 0 Å². The molecule has 0 radical (unpaired) electrons. The first-order valence-corrected chi connectivity index (χ1v) is 7.43. The zero-order valence-corrected chi connectivity index (χ0v) is 13.7. The highest BCUT2D eigenvalue weighted by Crippen LogP contribution is 2.17. The Morgan fingerprint density at radius 2 is 1.60 bits per heavy atom. The number of hydrogen-bond donors (Lipinski definition) is 1. The molecule has 0 unspecified atom stereocenters. The number of alkyl halides is 3. The topological polar surface area (TPSA) is 60.3 Å². The summed E-state index contributed by atoms with van der Waals surface area (Å²) in [7, 11) is 0. The molecular formula is C17H17F3N2O3. The van der Waals surface area contributed by atoms with Crippen molar-refractivity contribution in [1.82, 2.24) is 9.88 Å². The number of nitrogens with one attached hydrogen (secondary N) is 1. The van der Waals surface area contributed by atoms with Gasteiger partial charge in [0, 0.05) is 17.1 Å². The van der Waals surface area contributed by atoms with Gasteiger partial charge in [0.2, 0.25) is 0 Å². The number of rotatable bonds is 5. The second-order valence-corrected chi connectivity index (χ2v) is 5.47. The number of amides is 1. The summed E-state index contributed by atoms with van der Waals surface area (Å²) in [6, 6.07) is 10.4. The van der Waals surface area contributed by atoms with Crippen LogP contribution in [0.15, 0.2) is 36.4 Å². The zero-order chi connectivity index (χ0) is 18.6. The lowest BCUT2D eigenvalue weighted by molar-refractivity contribution is -0.140. The SMILES string of the molecule is Cc1ccc(C)n1-c1ccc(C(=O)OCC(=O)NCC(F)(F)F)cc1. The molecule has 0 bridgehead atoms. The lowest BCUT2D eigenvalue weighted by atomic mass is 10.2. The molecule has 1 aromatic carbocycles.